The number of carbonyl (C=O) groups excluding carboxylic acids is 7. The fraction of sp³-hybridized carbons (Fsp3) is 0.492. The van der Waals surface area contributed by atoms with Crippen LogP contribution in [0.5, 0.6) is 0 Å². The molecular formula is C61H81N7O9S. The van der Waals surface area contributed by atoms with E-state index < -0.39 is 59.6 Å². The topological polar surface area (TPSA) is 233 Å². The Hall–Kier alpha value is -6.72. The molecule has 2 fully saturated rings. The Morgan fingerprint density at radius 2 is 1.23 bits per heavy atom. The maximum absolute atomic E-state index is 14.6. The SMILES string of the molecule is CC(C)C[C@H](NC(=O)[C@H](Cc1ccccc1)C[C@@H](O)[C@H](Cc1ccccc1)NC(=O)OC(C)(C)C)C(=O)N[C@H](Cc1ccc(C(=O)c2ccccc2)cc1)C(=O)NCCCCCNC(=O)CCCC[C@@H]1SC[C@@H]2NC(=O)N[C@@H]21. The van der Waals surface area contributed by atoms with Crippen LogP contribution in [0.4, 0.5) is 9.59 Å². The van der Waals surface area contributed by atoms with Crippen molar-refractivity contribution in [2.75, 3.05) is 18.8 Å². The quantitative estimate of drug-likeness (QED) is 0.0147. The van der Waals surface area contributed by atoms with Crippen LogP contribution in [-0.4, -0.2) is 113 Å². The summed E-state index contributed by atoms with van der Waals surface area (Å²) in [5, 5.41) is 33.1. The summed E-state index contributed by atoms with van der Waals surface area (Å²) in [4.78, 5) is 94.0. The maximum Gasteiger partial charge on any atom is 0.407 e. The molecule has 0 aliphatic carbocycles. The van der Waals surface area contributed by atoms with Crippen LogP contribution in [-0.2, 0) is 43.2 Å². The lowest BCUT2D eigenvalue weighted by Crippen LogP contribution is -2.56. The highest BCUT2D eigenvalue weighted by Crippen LogP contribution is 2.33. The van der Waals surface area contributed by atoms with Crippen molar-refractivity contribution in [1.82, 2.24) is 37.2 Å². The fourth-order valence-corrected chi connectivity index (χ4v) is 11.4. The summed E-state index contributed by atoms with van der Waals surface area (Å²) in [6, 6.07) is 32.0. The molecule has 8 atom stereocenters. The molecule has 8 N–H and O–H groups in total. The van der Waals surface area contributed by atoms with Gasteiger partial charge in [0.15, 0.2) is 5.78 Å². The van der Waals surface area contributed by atoms with E-state index in [2.05, 4.69) is 37.2 Å². The predicted octanol–water partition coefficient (Wildman–Crippen LogP) is 7.35. The number of unbranched alkanes of at least 4 members (excludes halogenated alkanes) is 3. The average Bonchev–Trinajstić information content (AvgIpc) is 3.97. The van der Waals surface area contributed by atoms with Crippen molar-refractivity contribution in [1.29, 1.82) is 0 Å². The van der Waals surface area contributed by atoms with Crippen LogP contribution >= 0.6 is 11.8 Å². The first-order valence-corrected chi connectivity index (χ1v) is 28.7. The normalized spacial score (nSPS) is 17.7. The molecule has 0 aromatic heterocycles. The number of benzene rings is 4. The molecule has 2 heterocycles. The number of ketones is 1. The van der Waals surface area contributed by atoms with E-state index in [1.165, 1.54) is 0 Å². The van der Waals surface area contributed by atoms with Gasteiger partial charge in [-0.3, -0.25) is 24.0 Å². The molecule has 0 spiro atoms. The summed E-state index contributed by atoms with van der Waals surface area (Å²) in [7, 11) is 0. The minimum absolute atomic E-state index is 0.00322. The van der Waals surface area contributed by atoms with Gasteiger partial charge in [0, 0.05) is 54.0 Å². The Labute approximate surface area is 464 Å². The van der Waals surface area contributed by atoms with Gasteiger partial charge in [-0.05, 0) is 101 Å². The minimum atomic E-state index is -1.20. The van der Waals surface area contributed by atoms with Gasteiger partial charge in [0.05, 0.1) is 24.2 Å². The largest absolute Gasteiger partial charge is 0.444 e. The smallest absolute Gasteiger partial charge is 0.407 e. The van der Waals surface area contributed by atoms with Gasteiger partial charge in [-0.25, -0.2) is 9.59 Å². The lowest BCUT2D eigenvalue weighted by Gasteiger charge is -2.30. The molecule has 0 radical (unpaired) electrons. The van der Waals surface area contributed by atoms with E-state index in [4.69, 9.17) is 4.74 Å². The number of urea groups is 1. The molecule has 16 nitrogen and oxygen atoms in total. The number of aliphatic hydroxyl groups is 1. The lowest BCUT2D eigenvalue weighted by molar-refractivity contribution is -0.134. The fourth-order valence-electron chi connectivity index (χ4n) is 9.86. The minimum Gasteiger partial charge on any atom is -0.444 e. The Kier molecular flexibility index (Phi) is 23.6. The van der Waals surface area contributed by atoms with Crippen LogP contribution in [0.3, 0.4) is 0 Å². The summed E-state index contributed by atoms with van der Waals surface area (Å²) < 4.78 is 5.57. The van der Waals surface area contributed by atoms with E-state index in [1.807, 2.05) is 92.3 Å². The van der Waals surface area contributed by atoms with Gasteiger partial charge >= 0.3 is 12.1 Å². The second-order valence-corrected chi connectivity index (χ2v) is 23.3. The zero-order valence-corrected chi connectivity index (χ0v) is 46.7. The van der Waals surface area contributed by atoms with E-state index in [0.717, 1.165) is 49.0 Å². The lowest BCUT2D eigenvalue weighted by atomic mass is 9.88. The van der Waals surface area contributed by atoms with Crippen LogP contribution in [0.15, 0.2) is 115 Å². The molecule has 7 amide bonds. The summed E-state index contributed by atoms with van der Waals surface area (Å²) in [6.07, 6.45) is 4.02. The summed E-state index contributed by atoms with van der Waals surface area (Å²) in [5.74, 6) is -1.57. The third-order valence-electron chi connectivity index (χ3n) is 13.9. The number of nitrogens with one attached hydrogen (secondary N) is 7. The highest BCUT2D eigenvalue weighted by Gasteiger charge is 2.42. The van der Waals surface area contributed by atoms with Gasteiger partial charge in [0.25, 0.3) is 0 Å². The average molecular weight is 1090 g/mol. The highest BCUT2D eigenvalue weighted by atomic mass is 32.2. The van der Waals surface area contributed by atoms with E-state index in [9.17, 15) is 38.7 Å². The molecule has 0 bridgehead atoms. The standard InChI is InChI=1S/C61H81N7O9S/c1-40(2)34-48(64-56(72)46(35-41-20-10-6-11-21-41)38-51(69)47(36-42-22-12-7-13-23-42)67-60(76)77-61(3,4)5)58(74)65-49(37-43-28-30-45(31-29-43)55(71)44-24-14-8-15-25-44)57(73)63-33-19-9-18-32-62-53(70)27-17-16-26-52-54-50(39-78-52)66-59(75)68-54/h6-8,10-15,20-25,28-31,40,46-52,54,69H,9,16-19,26-27,32-39H2,1-5H3,(H,62,70)(H,63,73)(H,64,72)(H,65,74)(H,67,76)(H2,66,68,75)/t46-,47+,48+,49-,50+,51-,52+,54+/m1/s1. The molecule has 4 aromatic carbocycles. The first-order chi connectivity index (χ1) is 37.4. The van der Waals surface area contributed by atoms with Gasteiger partial charge in [0.2, 0.25) is 23.6 Å². The van der Waals surface area contributed by atoms with E-state index in [0.29, 0.717) is 47.9 Å². The van der Waals surface area contributed by atoms with Crippen molar-refractivity contribution in [3.8, 4) is 0 Å². The Bertz CT molecular complexity index is 2570. The van der Waals surface area contributed by atoms with E-state index in [-0.39, 0.29) is 67.8 Å². The summed E-state index contributed by atoms with van der Waals surface area (Å²) in [6.45, 7) is 9.96. The summed E-state index contributed by atoms with van der Waals surface area (Å²) >= 11 is 1.87. The zero-order chi connectivity index (χ0) is 56.0. The number of alkyl carbamates (subject to hydrolysis) is 1. The van der Waals surface area contributed by atoms with Gasteiger partial charge in [-0.2, -0.15) is 11.8 Å². The number of hydrogen-bond donors (Lipinski definition) is 8. The molecule has 0 saturated carbocycles. The third-order valence-corrected chi connectivity index (χ3v) is 15.4. The van der Waals surface area contributed by atoms with Gasteiger partial charge in [-0.15, -0.1) is 0 Å². The van der Waals surface area contributed by atoms with Crippen LogP contribution < -0.4 is 37.2 Å². The highest BCUT2D eigenvalue weighted by molar-refractivity contribution is 8.00. The Morgan fingerprint density at radius 3 is 1.87 bits per heavy atom. The van der Waals surface area contributed by atoms with Crippen molar-refractivity contribution in [2.45, 2.75) is 159 Å². The molecule has 4 aromatic rings. The van der Waals surface area contributed by atoms with Crippen LogP contribution in [0.2, 0.25) is 0 Å². The molecule has 78 heavy (non-hydrogen) atoms. The molecule has 2 aliphatic heterocycles. The van der Waals surface area contributed by atoms with Gasteiger partial charge in [0.1, 0.15) is 17.7 Å². The number of ether oxygens (including phenoxy) is 1. The second-order valence-electron chi connectivity index (χ2n) is 22.0. The Balaban J connectivity index is 1.09. The van der Waals surface area contributed by atoms with Crippen LogP contribution in [0, 0.1) is 11.8 Å². The van der Waals surface area contributed by atoms with Crippen LogP contribution in [0.25, 0.3) is 0 Å². The molecule has 17 heteroatoms. The number of hydrogen-bond acceptors (Lipinski definition) is 10. The molecular weight excluding hydrogens is 1010 g/mol. The van der Waals surface area contributed by atoms with Crippen molar-refractivity contribution in [3.63, 3.8) is 0 Å². The number of rotatable bonds is 30. The first-order valence-electron chi connectivity index (χ1n) is 27.7. The van der Waals surface area contributed by atoms with E-state index >= 15 is 0 Å². The van der Waals surface area contributed by atoms with Crippen LogP contribution in [0.1, 0.15) is 125 Å². The summed E-state index contributed by atoms with van der Waals surface area (Å²) in [5.41, 5.74) is 2.63. The maximum atomic E-state index is 14.6. The predicted molar refractivity (Wildman–Crippen MR) is 305 cm³/mol. The van der Waals surface area contributed by atoms with Gasteiger partial charge < -0.3 is 47.1 Å². The molecule has 2 aliphatic rings. The zero-order valence-electron chi connectivity index (χ0n) is 45.9. The van der Waals surface area contributed by atoms with Crippen molar-refractivity contribution < 1.29 is 43.4 Å². The third kappa shape index (κ3) is 20.3. The van der Waals surface area contributed by atoms with Crippen molar-refractivity contribution in [3.05, 3.63) is 143 Å². The Morgan fingerprint density at radius 1 is 0.641 bits per heavy atom. The van der Waals surface area contributed by atoms with Gasteiger partial charge in [-0.1, -0.05) is 136 Å². The molecule has 6 rings (SSSR count). The molecule has 420 valence electrons. The number of thioether (sulfide) groups is 1. The number of fused-ring (bicyclic) bond motifs is 1. The molecule has 0 unspecified atom stereocenters. The first kappa shape index (κ1) is 60.5. The number of amides is 7. The number of aliphatic hydroxyl groups excluding tert-OH is 1. The van der Waals surface area contributed by atoms with E-state index in [1.54, 1.807) is 69.3 Å². The molecule has 2 saturated heterocycles. The van der Waals surface area contributed by atoms with Crippen molar-refractivity contribution >= 4 is 53.3 Å². The number of carbonyl (C=O) groups is 7. The second kappa shape index (κ2) is 30.4. The monoisotopic (exact) mass is 1090 g/mol. The van der Waals surface area contributed by atoms with Crippen molar-refractivity contribution in [2.24, 2.45) is 11.8 Å².